The minimum absolute atomic E-state index is 0.614. The summed E-state index contributed by atoms with van der Waals surface area (Å²) in [5.41, 5.74) is 8.06. The van der Waals surface area contributed by atoms with Gasteiger partial charge in [0.1, 0.15) is 12.7 Å². The van der Waals surface area contributed by atoms with Gasteiger partial charge < -0.3 is 4.57 Å². The van der Waals surface area contributed by atoms with Crippen LogP contribution >= 0.6 is 11.3 Å². The molecule has 0 radical (unpaired) electrons. The molecular formula is C39H23N5S. The lowest BCUT2D eigenvalue weighted by atomic mass is 10.0. The molecule has 10 rings (SSSR count). The van der Waals surface area contributed by atoms with Crippen molar-refractivity contribution in [2.45, 2.75) is 0 Å². The van der Waals surface area contributed by atoms with Gasteiger partial charge in [-0.15, -0.1) is 11.3 Å². The summed E-state index contributed by atoms with van der Waals surface area (Å²) in [5.74, 6) is 0.614. The van der Waals surface area contributed by atoms with Crippen LogP contribution in [-0.4, -0.2) is 24.1 Å². The zero-order chi connectivity index (χ0) is 29.5. The van der Waals surface area contributed by atoms with Crippen molar-refractivity contribution in [1.82, 2.24) is 24.1 Å². The van der Waals surface area contributed by atoms with Gasteiger partial charge >= 0.3 is 0 Å². The van der Waals surface area contributed by atoms with Gasteiger partial charge in [0.2, 0.25) is 5.95 Å². The summed E-state index contributed by atoms with van der Waals surface area (Å²) in [6.07, 6.45) is 3.11. The Balaban J connectivity index is 1.18. The van der Waals surface area contributed by atoms with Crippen LogP contribution < -0.4 is 0 Å². The van der Waals surface area contributed by atoms with Gasteiger partial charge in [-0.3, -0.25) is 4.57 Å². The lowest BCUT2D eigenvalue weighted by Crippen LogP contribution is -2.00. The molecule has 10 aromatic rings. The monoisotopic (exact) mass is 593 g/mol. The fourth-order valence-electron chi connectivity index (χ4n) is 6.98. The highest BCUT2D eigenvalue weighted by Gasteiger charge is 2.19. The van der Waals surface area contributed by atoms with Crippen LogP contribution in [0.1, 0.15) is 0 Å². The summed E-state index contributed by atoms with van der Waals surface area (Å²) in [6.45, 7) is 0. The number of fused-ring (bicyclic) bond motifs is 9. The second-order valence-corrected chi connectivity index (χ2v) is 12.5. The van der Waals surface area contributed by atoms with Gasteiger partial charge in [-0.1, -0.05) is 72.8 Å². The maximum Gasteiger partial charge on any atom is 0.237 e. The lowest BCUT2D eigenvalue weighted by molar-refractivity contribution is 0.940. The summed E-state index contributed by atoms with van der Waals surface area (Å²) in [7, 11) is 0. The average Bonchev–Trinajstić information content (AvgIpc) is 3.75. The molecule has 4 heterocycles. The number of thiophene rings is 1. The Bertz CT molecular complexity index is 2750. The molecule has 6 aromatic carbocycles. The molecule has 6 heteroatoms. The predicted octanol–water partition coefficient (Wildman–Crippen LogP) is 10.1. The number of nitrogens with zero attached hydrogens (tertiary/aromatic N) is 5. The summed E-state index contributed by atoms with van der Waals surface area (Å²) < 4.78 is 7.18. The molecule has 0 amide bonds. The summed E-state index contributed by atoms with van der Waals surface area (Å²) in [4.78, 5) is 13.1. The minimum Gasteiger partial charge on any atom is -0.309 e. The van der Waals surface area contributed by atoms with Gasteiger partial charge in [0.15, 0.2) is 0 Å². The third-order valence-corrected chi connectivity index (χ3v) is 10.1. The maximum atomic E-state index is 4.51. The zero-order valence-corrected chi connectivity index (χ0v) is 24.7. The van der Waals surface area contributed by atoms with Gasteiger partial charge in [-0.25, -0.2) is 15.0 Å². The number of hydrogen-bond donors (Lipinski definition) is 0. The Hall–Kier alpha value is -5.85. The number of aromatic nitrogens is 5. The highest BCUT2D eigenvalue weighted by atomic mass is 32.1. The van der Waals surface area contributed by atoms with Crippen molar-refractivity contribution < 1.29 is 0 Å². The first kappa shape index (κ1) is 24.6. The number of hydrogen-bond acceptors (Lipinski definition) is 4. The molecule has 0 spiro atoms. The average molecular weight is 594 g/mol. The topological polar surface area (TPSA) is 48.5 Å². The SMILES string of the molecule is c1ccc2c(c1)sc1ccc(-c3ccc(-n4c5ccccc5c5cc6c(cc54)c4ccccc4n6-c4ncncn4)cc3)cc12. The Morgan fingerprint density at radius 1 is 0.422 bits per heavy atom. The van der Waals surface area contributed by atoms with Crippen LogP contribution in [0.3, 0.4) is 0 Å². The Morgan fingerprint density at radius 3 is 1.73 bits per heavy atom. The zero-order valence-electron chi connectivity index (χ0n) is 23.9. The van der Waals surface area contributed by atoms with E-state index in [1.165, 1.54) is 58.5 Å². The van der Waals surface area contributed by atoms with Crippen molar-refractivity contribution in [3.8, 4) is 22.8 Å². The van der Waals surface area contributed by atoms with Crippen LogP contribution in [0.4, 0.5) is 0 Å². The summed E-state index contributed by atoms with van der Waals surface area (Å²) in [5, 5.41) is 7.37. The predicted molar refractivity (Wildman–Crippen MR) is 187 cm³/mol. The van der Waals surface area contributed by atoms with Crippen molar-refractivity contribution in [3.05, 3.63) is 140 Å². The molecule has 0 saturated carbocycles. The second-order valence-electron chi connectivity index (χ2n) is 11.4. The van der Waals surface area contributed by atoms with Crippen molar-refractivity contribution in [2.75, 3.05) is 0 Å². The van der Waals surface area contributed by atoms with Gasteiger partial charge in [-0.2, -0.15) is 0 Å². The third-order valence-electron chi connectivity index (χ3n) is 8.98. The molecule has 0 saturated heterocycles. The minimum atomic E-state index is 0.614. The summed E-state index contributed by atoms with van der Waals surface area (Å²) >= 11 is 1.86. The van der Waals surface area contributed by atoms with Crippen LogP contribution in [0.2, 0.25) is 0 Å². The Labute approximate surface area is 261 Å². The molecule has 5 nitrogen and oxygen atoms in total. The Morgan fingerprint density at radius 2 is 1.00 bits per heavy atom. The molecule has 4 aromatic heterocycles. The second kappa shape index (κ2) is 9.32. The first-order valence-corrected chi connectivity index (χ1v) is 15.7. The van der Waals surface area contributed by atoms with Gasteiger partial charge in [-0.05, 0) is 65.7 Å². The van der Waals surface area contributed by atoms with Crippen LogP contribution in [0, 0.1) is 0 Å². The molecule has 0 aliphatic heterocycles. The highest BCUT2D eigenvalue weighted by molar-refractivity contribution is 7.25. The van der Waals surface area contributed by atoms with Gasteiger partial charge in [0, 0.05) is 47.4 Å². The summed E-state index contributed by atoms with van der Waals surface area (Å²) in [6, 6.07) is 46.2. The van der Waals surface area contributed by atoms with E-state index in [2.05, 4.69) is 151 Å². The van der Waals surface area contributed by atoms with Gasteiger partial charge in [0.05, 0.1) is 22.1 Å². The van der Waals surface area contributed by atoms with Crippen LogP contribution in [0.15, 0.2) is 140 Å². The smallest absolute Gasteiger partial charge is 0.237 e. The largest absolute Gasteiger partial charge is 0.309 e. The lowest BCUT2D eigenvalue weighted by Gasteiger charge is -2.10. The normalized spacial score (nSPS) is 12.0. The van der Waals surface area contributed by atoms with E-state index in [0.717, 1.165) is 22.1 Å². The fourth-order valence-corrected chi connectivity index (χ4v) is 8.07. The molecule has 0 aliphatic carbocycles. The first-order chi connectivity index (χ1) is 22.3. The van der Waals surface area contributed by atoms with E-state index in [0.29, 0.717) is 5.95 Å². The molecule has 0 N–H and O–H groups in total. The van der Waals surface area contributed by atoms with E-state index in [-0.39, 0.29) is 0 Å². The van der Waals surface area contributed by atoms with Crippen LogP contribution in [0.25, 0.3) is 86.5 Å². The van der Waals surface area contributed by atoms with Crippen molar-refractivity contribution in [2.24, 2.45) is 0 Å². The van der Waals surface area contributed by atoms with E-state index in [1.54, 1.807) is 12.7 Å². The van der Waals surface area contributed by atoms with Crippen LogP contribution in [0.5, 0.6) is 0 Å². The number of para-hydroxylation sites is 2. The van der Waals surface area contributed by atoms with E-state index >= 15 is 0 Å². The fraction of sp³-hybridized carbons (Fsp3) is 0. The molecule has 45 heavy (non-hydrogen) atoms. The number of rotatable bonds is 3. The third kappa shape index (κ3) is 3.57. The van der Waals surface area contributed by atoms with Crippen molar-refractivity contribution >= 4 is 75.1 Å². The molecular weight excluding hydrogens is 571 g/mol. The standard InChI is InChI=1S/C39H23N5S/c1-4-10-33-27(7-1)30-21-36-31(28-8-2-5-11-34(28)44(36)39-41-22-40-23-42-39)20-35(30)43(33)26-16-13-24(14-17-26)25-15-18-38-32(19-25)29-9-3-6-12-37(29)45-38/h1-23H. The Kier molecular flexibility index (Phi) is 5.09. The van der Waals surface area contributed by atoms with E-state index < -0.39 is 0 Å². The molecule has 210 valence electrons. The highest BCUT2D eigenvalue weighted by Crippen LogP contribution is 2.40. The van der Waals surface area contributed by atoms with Gasteiger partial charge in [0.25, 0.3) is 0 Å². The van der Waals surface area contributed by atoms with Crippen molar-refractivity contribution in [3.63, 3.8) is 0 Å². The molecule has 0 aliphatic rings. The van der Waals surface area contributed by atoms with E-state index in [9.17, 15) is 0 Å². The maximum absolute atomic E-state index is 4.51. The van der Waals surface area contributed by atoms with Crippen molar-refractivity contribution in [1.29, 1.82) is 0 Å². The molecule has 0 bridgehead atoms. The van der Waals surface area contributed by atoms with E-state index in [1.807, 2.05) is 11.3 Å². The quantitative estimate of drug-likeness (QED) is 0.205. The molecule has 0 unspecified atom stereocenters. The van der Waals surface area contributed by atoms with E-state index in [4.69, 9.17) is 0 Å². The number of benzene rings is 6. The first-order valence-electron chi connectivity index (χ1n) is 14.9. The van der Waals surface area contributed by atoms with Crippen LogP contribution in [-0.2, 0) is 0 Å². The molecule has 0 atom stereocenters. The molecule has 0 fully saturated rings.